The zero-order valence-corrected chi connectivity index (χ0v) is 8.92. The van der Waals surface area contributed by atoms with Crippen molar-refractivity contribution in [2.24, 2.45) is 16.8 Å². The van der Waals surface area contributed by atoms with E-state index >= 15 is 0 Å². The van der Waals surface area contributed by atoms with Gasteiger partial charge in [0, 0.05) is 18.3 Å². The molecule has 2 rings (SSSR count). The molecule has 14 heavy (non-hydrogen) atoms. The predicted octanol–water partition coefficient (Wildman–Crippen LogP) is 1.04. The van der Waals surface area contributed by atoms with E-state index in [1.54, 1.807) is 0 Å². The highest BCUT2D eigenvalue weighted by Crippen LogP contribution is 2.40. The fourth-order valence-corrected chi connectivity index (χ4v) is 3.60. The molecular formula is C9H16N2O2S. The summed E-state index contributed by atoms with van der Waals surface area (Å²) < 4.78 is 5.84. The van der Waals surface area contributed by atoms with Crippen LogP contribution in [0.25, 0.3) is 0 Å². The second-order valence-electron chi connectivity index (χ2n) is 4.05. The molecule has 3 N–H and O–H groups in total. The summed E-state index contributed by atoms with van der Waals surface area (Å²) in [6.07, 6.45) is 2.89. The molecule has 2 atom stereocenters. The molecule has 0 aromatic heterocycles. The Bertz CT molecular complexity index is 239. The van der Waals surface area contributed by atoms with Gasteiger partial charge in [0.15, 0.2) is 0 Å². The van der Waals surface area contributed by atoms with Gasteiger partial charge in [-0.3, -0.25) is 0 Å². The van der Waals surface area contributed by atoms with Crippen molar-refractivity contribution in [3.05, 3.63) is 0 Å². The fraction of sp³-hybridized carbons (Fsp3) is 0.889. The summed E-state index contributed by atoms with van der Waals surface area (Å²) >= 11 is 1.93. The molecule has 1 spiro atoms. The summed E-state index contributed by atoms with van der Waals surface area (Å²) in [6.45, 7) is 0.738. The lowest BCUT2D eigenvalue weighted by molar-refractivity contribution is -0.0693. The fourth-order valence-electron chi connectivity index (χ4n) is 2.23. The number of oxime groups is 1. The highest BCUT2D eigenvalue weighted by Gasteiger charge is 2.41. The van der Waals surface area contributed by atoms with E-state index in [9.17, 15) is 0 Å². The number of rotatable bonds is 1. The smallest absolute Gasteiger partial charge is 0.142 e. The minimum atomic E-state index is 0.0168. The van der Waals surface area contributed by atoms with E-state index in [1.165, 1.54) is 5.75 Å². The van der Waals surface area contributed by atoms with Crippen molar-refractivity contribution in [3.8, 4) is 0 Å². The quantitative estimate of drug-likeness (QED) is 0.297. The summed E-state index contributed by atoms with van der Waals surface area (Å²) in [5.74, 6) is 2.79. The first kappa shape index (κ1) is 10.1. The summed E-state index contributed by atoms with van der Waals surface area (Å²) in [4.78, 5) is 0. The average Bonchev–Trinajstić information content (AvgIpc) is 2.65. The summed E-state index contributed by atoms with van der Waals surface area (Å²) in [5.41, 5.74) is 5.65. The Balaban J connectivity index is 2.03. The van der Waals surface area contributed by atoms with Gasteiger partial charge in [-0.05, 0) is 25.0 Å². The van der Waals surface area contributed by atoms with E-state index < -0.39 is 0 Å². The Morgan fingerprint density at radius 1 is 1.64 bits per heavy atom. The molecule has 0 aromatic rings. The lowest BCUT2D eigenvalue weighted by atomic mass is 9.85. The number of hydrogen-bond acceptors (Lipinski definition) is 4. The monoisotopic (exact) mass is 216 g/mol. The van der Waals surface area contributed by atoms with Gasteiger partial charge in [-0.1, -0.05) is 5.16 Å². The van der Waals surface area contributed by atoms with Gasteiger partial charge >= 0.3 is 0 Å². The second kappa shape index (κ2) is 3.98. The molecule has 0 radical (unpaired) electrons. The zero-order valence-electron chi connectivity index (χ0n) is 8.11. The van der Waals surface area contributed by atoms with Crippen LogP contribution in [0, 0.1) is 5.92 Å². The van der Waals surface area contributed by atoms with Crippen LogP contribution in [0.5, 0.6) is 0 Å². The Labute approximate surface area is 87.9 Å². The first-order valence-corrected chi connectivity index (χ1v) is 6.10. The third kappa shape index (κ3) is 1.83. The van der Waals surface area contributed by atoms with Gasteiger partial charge < -0.3 is 15.7 Å². The maximum atomic E-state index is 8.64. The SMILES string of the molecule is NC(=NO)C1CCOC2(CCSC2)C1. The van der Waals surface area contributed by atoms with Crippen molar-refractivity contribution < 1.29 is 9.94 Å². The van der Waals surface area contributed by atoms with Crippen LogP contribution in [0.1, 0.15) is 19.3 Å². The molecule has 80 valence electrons. The van der Waals surface area contributed by atoms with Crippen LogP contribution >= 0.6 is 11.8 Å². The lowest BCUT2D eigenvalue weighted by Gasteiger charge is -2.37. The van der Waals surface area contributed by atoms with Crippen LogP contribution in [0.4, 0.5) is 0 Å². The maximum absolute atomic E-state index is 8.64. The van der Waals surface area contributed by atoms with Crippen molar-refractivity contribution >= 4 is 17.6 Å². The van der Waals surface area contributed by atoms with Crippen molar-refractivity contribution in [1.29, 1.82) is 0 Å². The summed E-state index contributed by atoms with van der Waals surface area (Å²) in [6, 6.07) is 0. The van der Waals surface area contributed by atoms with Crippen LogP contribution in [0.3, 0.4) is 0 Å². The summed E-state index contributed by atoms with van der Waals surface area (Å²) in [7, 11) is 0. The van der Waals surface area contributed by atoms with E-state index in [0.29, 0.717) is 5.84 Å². The first-order valence-electron chi connectivity index (χ1n) is 4.95. The predicted molar refractivity (Wildman–Crippen MR) is 56.8 cm³/mol. The molecule has 0 saturated carbocycles. The normalized spacial score (nSPS) is 39.1. The highest BCUT2D eigenvalue weighted by molar-refractivity contribution is 7.99. The molecule has 4 nitrogen and oxygen atoms in total. The minimum Gasteiger partial charge on any atom is -0.409 e. The number of amidine groups is 1. The largest absolute Gasteiger partial charge is 0.409 e. The van der Waals surface area contributed by atoms with Crippen LogP contribution in [0.15, 0.2) is 5.16 Å². The number of ether oxygens (including phenoxy) is 1. The van der Waals surface area contributed by atoms with Crippen molar-refractivity contribution in [1.82, 2.24) is 0 Å². The standard InChI is InChI=1S/C9H16N2O2S/c10-8(11-12)7-1-3-13-9(5-7)2-4-14-6-9/h7,12H,1-6H2,(H2,10,11). The van der Waals surface area contributed by atoms with Crippen LogP contribution in [-0.4, -0.2) is 34.8 Å². The minimum absolute atomic E-state index is 0.0168. The topological polar surface area (TPSA) is 67.8 Å². The van der Waals surface area contributed by atoms with Gasteiger partial charge in [0.1, 0.15) is 5.84 Å². The summed E-state index contributed by atoms with van der Waals surface area (Å²) in [5, 5.41) is 11.7. The van der Waals surface area contributed by atoms with Gasteiger partial charge in [-0.2, -0.15) is 11.8 Å². The number of hydrogen-bond donors (Lipinski definition) is 2. The molecule has 2 aliphatic heterocycles. The number of nitrogens with zero attached hydrogens (tertiary/aromatic N) is 1. The highest BCUT2D eigenvalue weighted by atomic mass is 32.2. The Morgan fingerprint density at radius 3 is 3.14 bits per heavy atom. The van der Waals surface area contributed by atoms with Crippen molar-refractivity contribution in [2.45, 2.75) is 24.9 Å². The molecule has 0 bridgehead atoms. The number of nitrogens with two attached hydrogens (primary N) is 1. The van der Waals surface area contributed by atoms with Gasteiger partial charge in [0.05, 0.1) is 5.60 Å². The van der Waals surface area contributed by atoms with E-state index in [0.717, 1.165) is 31.6 Å². The Morgan fingerprint density at radius 2 is 2.50 bits per heavy atom. The average molecular weight is 216 g/mol. The van der Waals surface area contributed by atoms with E-state index in [-0.39, 0.29) is 11.5 Å². The molecule has 0 aromatic carbocycles. The van der Waals surface area contributed by atoms with Crippen LogP contribution in [-0.2, 0) is 4.74 Å². The van der Waals surface area contributed by atoms with Gasteiger partial charge in [0.25, 0.3) is 0 Å². The van der Waals surface area contributed by atoms with Gasteiger partial charge in [-0.15, -0.1) is 0 Å². The first-order chi connectivity index (χ1) is 6.76. The number of thioether (sulfide) groups is 1. The molecular weight excluding hydrogens is 200 g/mol. The van der Waals surface area contributed by atoms with E-state index in [2.05, 4.69) is 5.16 Å². The van der Waals surface area contributed by atoms with Gasteiger partial charge in [-0.25, -0.2) is 0 Å². The van der Waals surface area contributed by atoms with E-state index in [4.69, 9.17) is 15.7 Å². The lowest BCUT2D eigenvalue weighted by Crippen LogP contribution is -2.43. The third-order valence-electron chi connectivity index (χ3n) is 3.09. The van der Waals surface area contributed by atoms with Crippen LogP contribution in [0.2, 0.25) is 0 Å². The molecule has 2 unspecified atom stereocenters. The molecule has 2 heterocycles. The van der Waals surface area contributed by atoms with Gasteiger partial charge in [0.2, 0.25) is 0 Å². The molecule has 0 amide bonds. The maximum Gasteiger partial charge on any atom is 0.142 e. The Hall–Kier alpha value is -0.420. The van der Waals surface area contributed by atoms with Crippen molar-refractivity contribution in [3.63, 3.8) is 0 Å². The molecule has 2 saturated heterocycles. The third-order valence-corrected chi connectivity index (χ3v) is 4.32. The second-order valence-corrected chi connectivity index (χ2v) is 5.15. The molecule has 2 aliphatic rings. The zero-order chi connectivity index (χ0) is 10.0. The van der Waals surface area contributed by atoms with Crippen LogP contribution < -0.4 is 5.73 Å². The molecule has 0 aliphatic carbocycles. The Kier molecular flexibility index (Phi) is 2.88. The molecule has 5 heteroatoms. The van der Waals surface area contributed by atoms with Crippen molar-refractivity contribution in [2.75, 3.05) is 18.1 Å². The molecule has 2 fully saturated rings. The van der Waals surface area contributed by atoms with E-state index in [1.807, 2.05) is 11.8 Å².